The number of carbonyl (C=O) groups is 2. The van der Waals surface area contributed by atoms with Crippen molar-refractivity contribution in [2.75, 3.05) is 10.6 Å². The monoisotopic (exact) mass is 285 g/mol. The minimum atomic E-state index is -1.05. The molecule has 0 aliphatic rings. The average molecular weight is 285 g/mol. The lowest BCUT2D eigenvalue weighted by atomic mass is 10.2. The summed E-state index contributed by atoms with van der Waals surface area (Å²) in [5.41, 5.74) is 2.14. The highest BCUT2D eigenvalue weighted by Crippen LogP contribution is 2.15. The van der Waals surface area contributed by atoms with Gasteiger partial charge < -0.3 is 15.7 Å². The van der Waals surface area contributed by atoms with Crippen LogP contribution in [0.3, 0.4) is 0 Å². The van der Waals surface area contributed by atoms with Crippen LogP contribution in [0.5, 0.6) is 0 Å². The van der Waals surface area contributed by atoms with E-state index in [-0.39, 0.29) is 11.6 Å². The van der Waals surface area contributed by atoms with E-state index in [0.717, 1.165) is 5.69 Å². The standard InChI is InChI=1S/C15H15N3O3/c1-10(19)17-12-5-2-4-11(8-12)16-9-13-6-3-7-14(18-13)15(20)21/h2-8,16H,9H2,1H3,(H,17,19)(H,20,21). The van der Waals surface area contributed by atoms with Crippen LogP contribution in [0.15, 0.2) is 42.5 Å². The molecule has 3 N–H and O–H groups in total. The Bertz CT molecular complexity index is 671. The molecule has 108 valence electrons. The quantitative estimate of drug-likeness (QED) is 0.784. The van der Waals surface area contributed by atoms with E-state index < -0.39 is 5.97 Å². The van der Waals surface area contributed by atoms with Gasteiger partial charge in [0, 0.05) is 18.3 Å². The van der Waals surface area contributed by atoms with Gasteiger partial charge in [0.2, 0.25) is 5.91 Å². The van der Waals surface area contributed by atoms with Crippen LogP contribution in [0.4, 0.5) is 11.4 Å². The van der Waals surface area contributed by atoms with Crippen LogP contribution in [0.25, 0.3) is 0 Å². The number of benzene rings is 1. The summed E-state index contributed by atoms with van der Waals surface area (Å²) in [6.07, 6.45) is 0. The Balaban J connectivity index is 2.04. The lowest BCUT2D eigenvalue weighted by Gasteiger charge is -2.08. The highest BCUT2D eigenvalue weighted by atomic mass is 16.4. The van der Waals surface area contributed by atoms with Crippen molar-refractivity contribution in [3.05, 3.63) is 53.9 Å². The molecule has 1 heterocycles. The zero-order chi connectivity index (χ0) is 15.2. The lowest BCUT2D eigenvalue weighted by Crippen LogP contribution is -2.08. The summed E-state index contributed by atoms with van der Waals surface area (Å²) >= 11 is 0. The molecule has 2 aromatic rings. The van der Waals surface area contributed by atoms with Crippen LogP contribution in [0, 0.1) is 0 Å². The van der Waals surface area contributed by atoms with Gasteiger partial charge in [-0.1, -0.05) is 12.1 Å². The van der Waals surface area contributed by atoms with Crippen LogP contribution in [-0.4, -0.2) is 22.0 Å². The number of hydrogen-bond donors (Lipinski definition) is 3. The molecule has 0 saturated carbocycles. The van der Waals surface area contributed by atoms with Crippen LogP contribution in [0.1, 0.15) is 23.1 Å². The van der Waals surface area contributed by atoms with E-state index in [1.165, 1.54) is 13.0 Å². The molecule has 6 heteroatoms. The first-order valence-electron chi connectivity index (χ1n) is 6.35. The Labute approximate surface area is 121 Å². The Morgan fingerprint density at radius 3 is 2.57 bits per heavy atom. The van der Waals surface area contributed by atoms with Crippen molar-refractivity contribution in [1.82, 2.24) is 4.98 Å². The molecule has 0 fully saturated rings. The van der Waals surface area contributed by atoms with Gasteiger partial charge in [-0.3, -0.25) is 4.79 Å². The van der Waals surface area contributed by atoms with E-state index >= 15 is 0 Å². The fourth-order valence-corrected chi connectivity index (χ4v) is 1.80. The van der Waals surface area contributed by atoms with E-state index in [2.05, 4.69) is 15.6 Å². The number of nitrogens with one attached hydrogen (secondary N) is 2. The highest BCUT2D eigenvalue weighted by molar-refractivity contribution is 5.89. The first-order chi connectivity index (χ1) is 10.0. The van der Waals surface area contributed by atoms with Crippen molar-refractivity contribution >= 4 is 23.3 Å². The molecule has 21 heavy (non-hydrogen) atoms. The lowest BCUT2D eigenvalue weighted by molar-refractivity contribution is -0.114. The van der Waals surface area contributed by atoms with E-state index in [0.29, 0.717) is 17.9 Å². The maximum absolute atomic E-state index is 11.0. The van der Waals surface area contributed by atoms with Gasteiger partial charge in [-0.05, 0) is 30.3 Å². The summed E-state index contributed by atoms with van der Waals surface area (Å²) in [5, 5.41) is 14.7. The van der Waals surface area contributed by atoms with Crippen LogP contribution < -0.4 is 10.6 Å². The Hall–Kier alpha value is -2.89. The fourth-order valence-electron chi connectivity index (χ4n) is 1.80. The van der Waals surface area contributed by atoms with E-state index in [1.807, 2.05) is 12.1 Å². The van der Waals surface area contributed by atoms with Crippen molar-refractivity contribution in [2.24, 2.45) is 0 Å². The number of carbonyl (C=O) groups excluding carboxylic acids is 1. The van der Waals surface area contributed by atoms with E-state index in [4.69, 9.17) is 5.11 Å². The number of pyridine rings is 1. The summed E-state index contributed by atoms with van der Waals surface area (Å²) in [6.45, 7) is 1.84. The van der Waals surface area contributed by atoms with Crippen molar-refractivity contribution in [3.8, 4) is 0 Å². The molecule has 0 saturated heterocycles. The zero-order valence-electron chi connectivity index (χ0n) is 11.5. The molecular weight excluding hydrogens is 270 g/mol. The minimum absolute atomic E-state index is 0.0151. The maximum atomic E-state index is 11.0. The van der Waals surface area contributed by atoms with Gasteiger partial charge in [-0.2, -0.15) is 0 Å². The normalized spacial score (nSPS) is 9.95. The van der Waals surface area contributed by atoms with Crippen molar-refractivity contribution in [2.45, 2.75) is 13.5 Å². The molecule has 0 atom stereocenters. The number of nitrogens with zero attached hydrogens (tertiary/aromatic N) is 1. The molecule has 1 amide bonds. The predicted molar refractivity (Wildman–Crippen MR) is 79.3 cm³/mol. The Morgan fingerprint density at radius 1 is 1.14 bits per heavy atom. The summed E-state index contributed by atoms with van der Waals surface area (Å²) in [4.78, 5) is 25.9. The number of aromatic carboxylic acids is 1. The third-order valence-corrected chi connectivity index (χ3v) is 2.68. The number of carboxylic acid groups (broad SMARTS) is 1. The smallest absolute Gasteiger partial charge is 0.354 e. The van der Waals surface area contributed by atoms with Gasteiger partial charge in [0.25, 0.3) is 0 Å². The van der Waals surface area contributed by atoms with E-state index in [9.17, 15) is 9.59 Å². The molecule has 1 aromatic heterocycles. The maximum Gasteiger partial charge on any atom is 0.354 e. The molecule has 0 radical (unpaired) electrons. The molecule has 2 rings (SSSR count). The molecule has 0 aliphatic carbocycles. The predicted octanol–water partition coefficient (Wildman–Crippen LogP) is 2.35. The minimum Gasteiger partial charge on any atom is -0.477 e. The van der Waals surface area contributed by atoms with Crippen LogP contribution in [0.2, 0.25) is 0 Å². The Kier molecular flexibility index (Phi) is 4.50. The third kappa shape index (κ3) is 4.31. The number of carboxylic acids is 1. The average Bonchev–Trinajstić information content (AvgIpc) is 2.45. The SMILES string of the molecule is CC(=O)Nc1cccc(NCc2cccc(C(=O)O)n2)c1. The highest BCUT2D eigenvalue weighted by Gasteiger charge is 2.05. The second-order valence-electron chi connectivity index (χ2n) is 4.43. The topological polar surface area (TPSA) is 91.3 Å². The number of anilines is 2. The van der Waals surface area contributed by atoms with Gasteiger partial charge in [0.05, 0.1) is 12.2 Å². The van der Waals surface area contributed by atoms with Gasteiger partial charge in [-0.25, -0.2) is 9.78 Å². The molecular formula is C15H15N3O3. The summed E-state index contributed by atoms with van der Waals surface area (Å²) in [7, 11) is 0. The van der Waals surface area contributed by atoms with Crippen molar-refractivity contribution in [3.63, 3.8) is 0 Å². The molecule has 6 nitrogen and oxygen atoms in total. The van der Waals surface area contributed by atoms with Gasteiger partial charge in [0.1, 0.15) is 5.69 Å². The molecule has 0 aliphatic heterocycles. The summed E-state index contributed by atoms with van der Waals surface area (Å²) in [6, 6.07) is 12.1. The first-order valence-corrected chi connectivity index (χ1v) is 6.35. The van der Waals surface area contributed by atoms with Crippen LogP contribution in [-0.2, 0) is 11.3 Å². The van der Waals surface area contributed by atoms with Gasteiger partial charge in [-0.15, -0.1) is 0 Å². The molecule has 1 aromatic carbocycles. The molecule has 0 bridgehead atoms. The van der Waals surface area contributed by atoms with E-state index in [1.54, 1.807) is 24.3 Å². The van der Waals surface area contributed by atoms with Crippen molar-refractivity contribution < 1.29 is 14.7 Å². The fraction of sp³-hybridized carbons (Fsp3) is 0.133. The summed E-state index contributed by atoms with van der Waals surface area (Å²) in [5.74, 6) is -1.19. The second-order valence-corrected chi connectivity index (χ2v) is 4.43. The number of hydrogen-bond acceptors (Lipinski definition) is 4. The van der Waals surface area contributed by atoms with Gasteiger partial charge in [0.15, 0.2) is 0 Å². The molecule has 0 spiro atoms. The van der Waals surface area contributed by atoms with Crippen molar-refractivity contribution in [1.29, 1.82) is 0 Å². The number of rotatable bonds is 5. The molecule has 0 unspecified atom stereocenters. The largest absolute Gasteiger partial charge is 0.477 e. The third-order valence-electron chi connectivity index (χ3n) is 2.68. The van der Waals surface area contributed by atoms with Gasteiger partial charge >= 0.3 is 5.97 Å². The second kappa shape index (κ2) is 6.51. The number of amides is 1. The Morgan fingerprint density at radius 2 is 1.86 bits per heavy atom. The van der Waals surface area contributed by atoms with Crippen LogP contribution >= 0.6 is 0 Å². The number of aromatic nitrogens is 1. The summed E-state index contributed by atoms with van der Waals surface area (Å²) < 4.78 is 0. The zero-order valence-corrected chi connectivity index (χ0v) is 11.5. The first kappa shape index (κ1) is 14.5.